The second kappa shape index (κ2) is 8.70. The fraction of sp³-hybridized carbons (Fsp3) is 0.222. The Morgan fingerprint density at radius 1 is 1.04 bits per heavy atom. The molecule has 0 heterocycles. The summed E-state index contributed by atoms with van der Waals surface area (Å²) in [5.74, 6) is -0.587. The van der Waals surface area contributed by atoms with Crippen LogP contribution in [0.3, 0.4) is 0 Å². The molecule has 0 aliphatic carbocycles. The second-order valence-electron chi connectivity index (χ2n) is 5.51. The van der Waals surface area contributed by atoms with Gasteiger partial charge in [-0.15, -0.1) is 0 Å². The molecule has 7 nitrogen and oxygen atoms in total. The van der Waals surface area contributed by atoms with Gasteiger partial charge in [0.05, 0.1) is 11.5 Å². The topological polar surface area (TPSA) is 102 Å². The lowest BCUT2D eigenvalue weighted by molar-refractivity contribution is 0.101. The van der Waals surface area contributed by atoms with E-state index < -0.39 is 15.9 Å². The molecule has 0 fully saturated rings. The number of amides is 1. The highest BCUT2D eigenvalue weighted by atomic mass is 32.2. The van der Waals surface area contributed by atoms with Crippen molar-refractivity contribution in [3.8, 4) is 0 Å². The second-order valence-corrected chi connectivity index (χ2v) is 7.28. The number of rotatable bonds is 8. The first-order valence-electron chi connectivity index (χ1n) is 7.84. The van der Waals surface area contributed by atoms with E-state index in [1.807, 2.05) is 0 Å². The van der Waals surface area contributed by atoms with E-state index in [0.717, 1.165) is 0 Å². The Morgan fingerprint density at radius 2 is 1.73 bits per heavy atom. The van der Waals surface area contributed by atoms with E-state index in [4.69, 9.17) is 4.74 Å². The Labute approximate surface area is 152 Å². The van der Waals surface area contributed by atoms with Gasteiger partial charge in [0.15, 0.2) is 5.78 Å². The quantitative estimate of drug-likeness (QED) is 0.542. The van der Waals surface area contributed by atoms with Crippen LogP contribution in [0.15, 0.2) is 53.4 Å². The zero-order valence-electron chi connectivity index (χ0n) is 14.5. The van der Waals surface area contributed by atoms with Gasteiger partial charge in [-0.3, -0.25) is 9.59 Å². The number of carbonyl (C=O) groups is 2. The standard InChI is InChI=1S/C18H20N2O5S/c1-13(21)14-5-3-7-16(11-14)20-18(22)15-6-4-8-17(12-15)26(23,24)19-9-10-25-2/h3-8,11-12,19H,9-10H2,1-2H3,(H,20,22). The molecular formula is C18H20N2O5S. The predicted octanol–water partition coefficient (Wildman–Crippen LogP) is 2.07. The third-order valence-corrected chi connectivity index (χ3v) is 4.99. The molecular weight excluding hydrogens is 356 g/mol. The third kappa shape index (κ3) is 5.22. The zero-order valence-corrected chi connectivity index (χ0v) is 15.3. The van der Waals surface area contributed by atoms with Crippen LogP contribution in [0, 0.1) is 0 Å². The molecule has 0 saturated heterocycles. The van der Waals surface area contributed by atoms with Crippen molar-refractivity contribution in [3.05, 3.63) is 59.7 Å². The minimum Gasteiger partial charge on any atom is -0.383 e. The third-order valence-electron chi connectivity index (χ3n) is 3.53. The number of carbonyl (C=O) groups excluding carboxylic acids is 2. The van der Waals surface area contributed by atoms with Crippen molar-refractivity contribution >= 4 is 27.4 Å². The highest BCUT2D eigenvalue weighted by Gasteiger charge is 2.16. The molecule has 0 aliphatic heterocycles. The van der Waals surface area contributed by atoms with Crippen molar-refractivity contribution in [2.75, 3.05) is 25.6 Å². The van der Waals surface area contributed by atoms with Gasteiger partial charge in [0.25, 0.3) is 5.91 Å². The van der Waals surface area contributed by atoms with Crippen molar-refractivity contribution in [3.63, 3.8) is 0 Å². The molecule has 2 rings (SSSR count). The first kappa shape index (κ1) is 19.8. The lowest BCUT2D eigenvalue weighted by Gasteiger charge is -2.09. The molecule has 0 aromatic heterocycles. The Bertz CT molecular complexity index is 909. The highest BCUT2D eigenvalue weighted by molar-refractivity contribution is 7.89. The van der Waals surface area contributed by atoms with Gasteiger partial charge in [-0.2, -0.15) is 0 Å². The number of hydrogen-bond acceptors (Lipinski definition) is 5. The minimum atomic E-state index is -3.73. The number of anilines is 1. The average Bonchev–Trinajstić information content (AvgIpc) is 2.62. The summed E-state index contributed by atoms with van der Waals surface area (Å²) in [6.45, 7) is 1.81. The van der Waals surface area contributed by atoms with Gasteiger partial charge in [0.1, 0.15) is 0 Å². The molecule has 0 bridgehead atoms. The number of methoxy groups -OCH3 is 1. The Kier molecular flexibility index (Phi) is 6.62. The summed E-state index contributed by atoms with van der Waals surface area (Å²) < 4.78 is 31.7. The van der Waals surface area contributed by atoms with Crippen LogP contribution in [-0.4, -0.2) is 40.4 Å². The van der Waals surface area contributed by atoms with Crippen LogP contribution in [0.5, 0.6) is 0 Å². The SMILES string of the molecule is COCCNS(=O)(=O)c1cccc(C(=O)Nc2cccc(C(C)=O)c2)c1. The normalized spacial score (nSPS) is 11.2. The summed E-state index contributed by atoms with van der Waals surface area (Å²) in [6.07, 6.45) is 0. The maximum Gasteiger partial charge on any atom is 0.255 e. The summed E-state index contributed by atoms with van der Waals surface area (Å²) in [5, 5.41) is 2.66. The number of Topliss-reactive ketones (excluding diaryl/α,β-unsaturated/α-hetero) is 1. The molecule has 138 valence electrons. The number of hydrogen-bond donors (Lipinski definition) is 2. The molecule has 1 amide bonds. The minimum absolute atomic E-state index is 0.0151. The van der Waals surface area contributed by atoms with E-state index in [-0.39, 0.29) is 29.4 Å². The lowest BCUT2D eigenvalue weighted by Crippen LogP contribution is -2.27. The molecule has 0 saturated carbocycles. The fourth-order valence-electron chi connectivity index (χ4n) is 2.19. The van der Waals surface area contributed by atoms with Crippen LogP contribution in [-0.2, 0) is 14.8 Å². The lowest BCUT2D eigenvalue weighted by atomic mass is 10.1. The molecule has 0 atom stereocenters. The van der Waals surface area contributed by atoms with Crippen molar-refractivity contribution in [2.24, 2.45) is 0 Å². The molecule has 2 N–H and O–H groups in total. The van der Waals surface area contributed by atoms with E-state index in [9.17, 15) is 18.0 Å². The molecule has 8 heteroatoms. The monoisotopic (exact) mass is 376 g/mol. The van der Waals surface area contributed by atoms with Gasteiger partial charge in [-0.05, 0) is 37.3 Å². The highest BCUT2D eigenvalue weighted by Crippen LogP contribution is 2.15. The van der Waals surface area contributed by atoms with Crippen LogP contribution >= 0.6 is 0 Å². The van der Waals surface area contributed by atoms with Crippen LogP contribution in [0.4, 0.5) is 5.69 Å². The Balaban J connectivity index is 2.18. The molecule has 0 radical (unpaired) electrons. The largest absolute Gasteiger partial charge is 0.383 e. The molecule has 0 aliphatic rings. The summed E-state index contributed by atoms with van der Waals surface area (Å²) in [4.78, 5) is 23.8. The molecule has 2 aromatic rings. The van der Waals surface area contributed by atoms with Gasteiger partial charge in [0, 0.05) is 30.5 Å². The molecule has 2 aromatic carbocycles. The number of benzene rings is 2. The van der Waals surface area contributed by atoms with E-state index >= 15 is 0 Å². The predicted molar refractivity (Wildman–Crippen MR) is 97.9 cm³/mol. The Morgan fingerprint density at radius 3 is 2.42 bits per heavy atom. The van der Waals surface area contributed by atoms with Gasteiger partial charge < -0.3 is 10.1 Å². The van der Waals surface area contributed by atoms with E-state index in [1.54, 1.807) is 24.3 Å². The maximum atomic E-state index is 12.4. The zero-order chi connectivity index (χ0) is 19.2. The van der Waals surface area contributed by atoms with E-state index in [2.05, 4.69) is 10.0 Å². The van der Waals surface area contributed by atoms with Crippen molar-refractivity contribution in [1.82, 2.24) is 4.72 Å². The van der Waals surface area contributed by atoms with E-state index in [1.165, 1.54) is 38.3 Å². The first-order chi connectivity index (χ1) is 12.3. The van der Waals surface area contributed by atoms with Gasteiger partial charge in [-0.25, -0.2) is 13.1 Å². The van der Waals surface area contributed by atoms with Gasteiger partial charge >= 0.3 is 0 Å². The summed E-state index contributed by atoms with van der Waals surface area (Å²) in [7, 11) is -2.26. The number of sulfonamides is 1. The summed E-state index contributed by atoms with van der Waals surface area (Å²) in [6, 6.07) is 12.2. The van der Waals surface area contributed by atoms with Crippen LogP contribution in [0.2, 0.25) is 0 Å². The Hall–Kier alpha value is -2.55. The van der Waals surface area contributed by atoms with Crippen molar-refractivity contribution < 1.29 is 22.7 Å². The van der Waals surface area contributed by atoms with Crippen molar-refractivity contribution in [2.45, 2.75) is 11.8 Å². The van der Waals surface area contributed by atoms with Crippen LogP contribution in [0.1, 0.15) is 27.6 Å². The van der Waals surface area contributed by atoms with Crippen LogP contribution < -0.4 is 10.0 Å². The summed E-state index contributed by atoms with van der Waals surface area (Å²) >= 11 is 0. The smallest absolute Gasteiger partial charge is 0.255 e. The van der Waals surface area contributed by atoms with E-state index in [0.29, 0.717) is 11.3 Å². The molecule has 0 spiro atoms. The van der Waals surface area contributed by atoms with Gasteiger partial charge in [-0.1, -0.05) is 18.2 Å². The summed E-state index contributed by atoms with van der Waals surface area (Å²) in [5.41, 5.74) is 1.11. The van der Waals surface area contributed by atoms with Crippen molar-refractivity contribution in [1.29, 1.82) is 0 Å². The molecule has 0 unspecified atom stereocenters. The molecule has 26 heavy (non-hydrogen) atoms. The van der Waals surface area contributed by atoms with Crippen LogP contribution in [0.25, 0.3) is 0 Å². The maximum absolute atomic E-state index is 12.4. The number of ether oxygens (including phenoxy) is 1. The fourth-order valence-corrected chi connectivity index (χ4v) is 3.24. The number of ketones is 1. The average molecular weight is 376 g/mol. The van der Waals surface area contributed by atoms with Gasteiger partial charge in [0.2, 0.25) is 10.0 Å². The first-order valence-corrected chi connectivity index (χ1v) is 9.33. The number of nitrogens with one attached hydrogen (secondary N) is 2.